The van der Waals surface area contributed by atoms with E-state index in [1.54, 1.807) is 12.4 Å². The zero-order valence-electron chi connectivity index (χ0n) is 11.5. The quantitative estimate of drug-likeness (QED) is 0.641. The van der Waals surface area contributed by atoms with Crippen LogP contribution < -0.4 is 0 Å². The molecule has 0 saturated carbocycles. The monoisotopic (exact) mass is 246 g/mol. The number of aliphatic hydroxyl groups is 1. The van der Waals surface area contributed by atoms with Gasteiger partial charge in [0.2, 0.25) is 5.82 Å². The molecule has 0 bridgehead atoms. The minimum atomic E-state index is -0.489. The van der Waals surface area contributed by atoms with Crippen LogP contribution in [0.4, 0.5) is 0 Å². The van der Waals surface area contributed by atoms with Crippen LogP contribution in [0.25, 0.3) is 0 Å². The molecule has 0 amide bonds. The number of rotatable bonds is 5. The van der Waals surface area contributed by atoms with Crippen molar-refractivity contribution in [2.75, 3.05) is 0 Å². The molecule has 1 aromatic rings. The van der Waals surface area contributed by atoms with E-state index >= 15 is 0 Å². The average Bonchev–Trinajstić information content (AvgIpc) is 2.42. The summed E-state index contributed by atoms with van der Waals surface area (Å²) in [4.78, 5) is 8.34. The van der Waals surface area contributed by atoms with Gasteiger partial charge in [0.15, 0.2) is 0 Å². The van der Waals surface area contributed by atoms with Crippen LogP contribution in [0.5, 0.6) is 0 Å². The molecule has 0 aliphatic heterocycles. The summed E-state index contributed by atoms with van der Waals surface area (Å²) in [6, 6.07) is 0. The van der Waals surface area contributed by atoms with Crippen LogP contribution in [0.3, 0.4) is 0 Å². The lowest BCUT2D eigenvalue weighted by atomic mass is 9.97. The summed E-state index contributed by atoms with van der Waals surface area (Å²) in [6.07, 6.45) is 6.93. The molecule has 3 heteroatoms. The first-order chi connectivity index (χ1) is 8.69. The lowest BCUT2D eigenvalue weighted by Gasteiger charge is -2.16. The third-order valence-corrected chi connectivity index (χ3v) is 3.05. The number of aliphatic hydroxyl groups excluding tert-OH is 1. The third-order valence-electron chi connectivity index (χ3n) is 3.05. The minimum absolute atomic E-state index is 0.218. The second kappa shape index (κ2) is 7.84. The Morgan fingerprint density at radius 2 is 1.94 bits per heavy atom. The molecule has 0 spiro atoms. The highest BCUT2D eigenvalue weighted by molar-refractivity contribution is 5.22. The molecule has 0 saturated heterocycles. The maximum atomic E-state index is 10.0. The molecule has 0 fully saturated rings. The van der Waals surface area contributed by atoms with Crippen LogP contribution in [0.1, 0.15) is 63.9 Å². The minimum Gasteiger partial charge on any atom is -0.388 e. The topological polar surface area (TPSA) is 46.0 Å². The largest absolute Gasteiger partial charge is 0.388 e. The molecular formula is C15H22N2O. The van der Waals surface area contributed by atoms with Gasteiger partial charge in [-0.2, -0.15) is 0 Å². The van der Waals surface area contributed by atoms with E-state index in [4.69, 9.17) is 0 Å². The lowest BCUT2D eigenvalue weighted by Crippen LogP contribution is -2.09. The van der Waals surface area contributed by atoms with E-state index in [9.17, 15) is 5.11 Å². The lowest BCUT2D eigenvalue weighted by molar-refractivity contribution is 0.115. The van der Waals surface area contributed by atoms with E-state index in [0.29, 0.717) is 5.82 Å². The van der Waals surface area contributed by atoms with Gasteiger partial charge in [-0.05, 0) is 18.3 Å². The van der Waals surface area contributed by atoms with Gasteiger partial charge in [-0.15, -0.1) is 0 Å². The van der Waals surface area contributed by atoms with Crippen LogP contribution in [0, 0.1) is 17.8 Å². The number of hydrogen-bond acceptors (Lipinski definition) is 3. The number of unbranched alkanes of at least 4 members (excludes halogenated alkanes) is 2. The third kappa shape index (κ3) is 4.46. The fraction of sp³-hybridized carbons (Fsp3) is 0.600. The van der Waals surface area contributed by atoms with E-state index in [-0.39, 0.29) is 5.92 Å². The average molecular weight is 246 g/mol. The van der Waals surface area contributed by atoms with Crippen molar-refractivity contribution in [2.24, 2.45) is 5.92 Å². The van der Waals surface area contributed by atoms with Crippen LogP contribution in [-0.2, 0) is 0 Å². The van der Waals surface area contributed by atoms with Crippen LogP contribution in [0.2, 0.25) is 0 Å². The molecule has 0 aliphatic rings. The molecule has 0 radical (unpaired) electrons. The Bertz CT molecular complexity index is 403. The van der Waals surface area contributed by atoms with Gasteiger partial charge in [0, 0.05) is 24.4 Å². The highest BCUT2D eigenvalue weighted by Crippen LogP contribution is 2.22. The second-order valence-corrected chi connectivity index (χ2v) is 4.58. The summed E-state index contributed by atoms with van der Waals surface area (Å²) in [5.74, 6) is 6.73. The zero-order valence-corrected chi connectivity index (χ0v) is 11.5. The van der Waals surface area contributed by atoms with Gasteiger partial charge in [0.25, 0.3) is 0 Å². The molecule has 1 unspecified atom stereocenters. The van der Waals surface area contributed by atoms with Crippen LogP contribution >= 0.6 is 0 Å². The molecule has 1 N–H and O–H groups in total. The predicted octanol–water partition coefficient (Wildman–Crippen LogP) is 3.10. The number of nitrogens with zero attached hydrogens (tertiary/aromatic N) is 2. The number of aromatic nitrogens is 2. The van der Waals surface area contributed by atoms with Crippen molar-refractivity contribution >= 4 is 0 Å². The van der Waals surface area contributed by atoms with Crippen molar-refractivity contribution in [3.8, 4) is 11.8 Å². The molecule has 2 atom stereocenters. The maximum absolute atomic E-state index is 10.0. The maximum Gasteiger partial charge on any atom is 0.204 e. The molecule has 0 aromatic carbocycles. The molecule has 18 heavy (non-hydrogen) atoms. The highest BCUT2D eigenvalue weighted by Gasteiger charge is 2.15. The summed E-state index contributed by atoms with van der Waals surface area (Å²) in [7, 11) is 0. The fourth-order valence-electron chi connectivity index (χ4n) is 1.51. The fourth-order valence-corrected chi connectivity index (χ4v) is 1.51. The van der Waals surface area contributed by atoms with Gasteiger partial charge in [-0.25, -0.2) is 9.97 Å². The van der Waals surface area contributed by atoms with E-state index in [0.717, 1.165) is 31.2 Å². The van der Waals surface area contributed by atoms with E-state index in [1.165, 1.54) is 0 Å². The van der Waals surface area contributed by atoms with Gasteiger partial charge in [-0.1, -0.05) is 39.5 Å². The highest BCUT2D eigenvalue weighted by atomic mass is 16.3. The summed E-state index contributed by atoms with van der Waals surface area (Å²) >= 11 is 0. The summed E-state index contributed by atoms with van der Waals surface area (Å²) < 4.78 is 0. The van der Waals surface area contributed by atoms with Gasteiger partial charge < -0.3 is 5.11 Å². The Labute approximate surface area is 110 Å². The van der Waals surface area contributed by atoms with Crippen molar-refractivity contribution in [3.63, 3.8) is 0 Å². The van der Waals surface area contributed by atoms with Gasteiger partial charge in [0.1, 0.15) is 0 Å². The molecule has 3 nitrogen and oxygen atoms in total. The van der Waals surface area contributed by atoms with Gasteiger partial charge in [-0.3, -0.25) is 0 Å². The zero-order chi connectivity index (χ0) is 13.4. The second-order valence-electron chi connectivity index (χ2n) is 4.58. The molecule has 1 rings (SSSR count). The van der Waals surface area contributed by atoms with Crippen molar-refractivity contribution in [2.45, 2.75) is 52.6 Å². The number of hydrogen-bond donors (Lipinski definition) is 1. The first-order valence-electron chi connectivity index (χ1n) is 6.67. The Hall–Kier alpha value is -1.40. The Morgan fingerprint density at radius 1 is 1.28 bits per heavy atom. The van der Waals surface area contributed by atoms with Crippen molar-refractivity contribution in [3.05, 3.63) is 23.8 Å². The summed E-state index contributed by atoms with van der Waals surface area (Å²) in [5.41, 5.74) is 0.767. The Morgan fingerprint density at radius 3 is 2.50 bits per heavy atom. The summed E-state index contributed by atoms with van der Waals surface area (Å²) in [5, 5.41) is 10.0. The Balaban J connectivity index is 2.64. The Kier molecular flexibility index (Phi) is 6.38. The molecular weight excluding hydrogens is 224 g/mol. The SMILES string of the molecule is CCCCC#Cc1ncc([C@@H](O)C(C)CC)cn1. The van der Waals surface area contributed by atoms with Crippen molar-refractivity contribution < 1.29 is 5.11 Å². The van der Waals surface area contributed by atoms with E-state index in [2.05, 4.69) is 35.7 Å². The predicted molar refractivity (Wildman–Crippen MR) is 72.8 cm³/mol. The molecule has 98 valence electrons. The van der Waals surface area contributed by atoms with E-state index in [1.807, 2.05) is 6.92 Å². The molecule has 1 aromatic heterocycles. The summed E-state index contributed by atoms with van der Waals surface area (Å²) in [6.45, 7) is 6.22. The normalized spacial score (nSPS) is 13.6. The molecule has 0 aliphatic carbocycles. The van der Waals surface area contributed by atoms with Gasteiger partial charge >= 0.3 is 0 Å². The van der Waals surface area contributed by atoms with E-state index < -0.39 is 6.10 Å². The molecule has 1 heterocycles. The standard InChI is InChI=1S/C15H22N2O/c1-4-6-7-8-9-14-16-10-13(11-17-14)15(18)12(3)5-2/h10-12,15,18H,4-7H2,1-3H3/t12?,15-/m0/s1. The first-order valence-corrected chi connectivity index (χ1v) is 6.67. The van der Waals surface area contributed by atoms with Crippen molar-refractivity contribution in [1.29, 1.82) is 0 Å². The van der Waals surface area contributed by atoms with Gasteiger partial charge in [0.05, 0.1) is 6.10 Å². The van der Waals surface area contributed by atoms with Crippen LogP contribution in [-0.4, -0.2) is 15.1 Å². The smallest absolute Gasteiger partial charge is 0.204 e. The van der Waals surface area contributed by atoms with Crippen LogP contribution in [0.15, 0.2) is 12.4 Å². The first kappa shape index (κ1) is 14.7. The van der Waals surface area contributed by atoms with Crippen molar-refractivity contribution in [1.82, 2.24) is 9.97 Å².